The van der Waals surface area contributed by atoms with Crippen LogP contribution >= 0.6 is 0 Å². The molecule has 5 nitrogen and oxygen atoms in total. The predicted octanol–water partition coefficient (Wildman–Crippen LogP) is 5.74. The molecule has 2 aromatic rings. The second kappa shape index (κ2) is 9.19. The molecule has 4 rings (SSSR count). The SMILES string of the molecule is CCCC(=O)Nc1cn(C2CCCC2)c2cc(NC3CCCCC3)c(F)cc2c1=O. The summed E-state index contributed by atoms with van der Waals surface area (Å²) in [4.78, 5) is 25.2. The first kappa shape index (κ1) is 20.9. The first-order valence-electron chi connectivity index (χ1n) is 11.5. The van der Waals surface area contributed by atoms with Crippen LogP contribution in [-0.4, -0.2) is 16.5 Å². The Bertz CT molecular complexity index is 973. The van der Waals surface area contributed by atoms with Gasteiger partial charge in [-0.1, -0.05) is 39.0 Å². The van der Waals surface area contributed by atoms with Crippen LogP contribution in [0.3, 0.4) is 0 Å². The van der Waals surface area contributed by atoms with E-state index in [9.17, 15) is 14.0 Å². The second-order valence-corrected chi connectivity index (χ2v) is 8.84. The molecule has 0 spiro atoms. The Morgan fingerprint density at radius 2 is 1.77 bits per heavy atom. The van der Waals surface area contributed by atoms with Gasteiger partial charge in [0.15, 0.2) is 0 Å². The Hall–Kier alpha value is -2.37. The number of hydrogen-bond acceptors (Lipinski definition) is 3. The van der Waals surface area contributed by atoms with Gasteiger partial charge in [0.2, 0.25) is 11.3 Å². The molecular weight excluding hydrogens is 381 g/mol. The lowest BCUT2D eigenvalue weighted by Crippen LogP contribution is -2.24. The average molecular weight is 414 g/mol. The lowest BCUT2D eigenvalue weighted by Gasteiger charge is -2.25. The summed E-state index contributed by atoms with van der Waals surface area (Å²) in [6.45, 7) is 1.92. The van der Waals surface area contributed by atoms with Gasteiger partial charge in [0.05, 0.1) is 16.6 Å². The Kier molecular flexibility index (Phi) is 6.40. The molecule has 1 amide bonds. The van der Waals surface area contributed by atoms with Gasteiger partial charge in [0.1, 0.15) is 11.5 Å². The van der Waals surface area contributed by atoms with E-state index in [2.05, 4.69) is 15.2 Å². The molecule has 0 bridgehead atoms. The first-order valence-corrected chi connectivity index (χ1v) is 11.5. The number of fused-ring (bicyclic) bond motifs is 1. The molecule has 0 aliphatic heterocycles. The number of benzene rings is 1. The summed E-state index contributed by atoms with van der Waals surface area (Å²) >= 11 is 0. The van der Waals surface area contributed by atoms with Crippen molar-refractivity contribution in [3.8, 4) is 0 Å². The van der Waals surface area contributed by atoms with E-state index in [0.717, 1.165) is 44.0 Å². The van der Waals surface area contributed by atoms with Crippen molar-refractivity contribution in [2.45, 2.75) is 89.6 Å². The summed E-state index contributed by atoms with van der Waals surface area (Å²) < 4.78 is 17.1. The number of carbonyl (C=O) groups is 1. The van der Waals surface area contributed by atoms with Crippen LogP contribution in [0.5, 0.6) is 0 Å². The molecule has 2 N–H and O–H groups in total. The summed E-state index contributed by atoms with van der Waals surface area (Å²) in [7, 11) is 0. The van der Waals surface area contributed by atoms with Crippen LogP contribution in [0.4, 0.5) is 15.8 Å². The molecule has 2 fully saturated rings. The highest BCUT2D eigenvalue weighted by molar-refractivity contribution is 5.93. The first-order chi connectivity index (χ1) is 14.6. The minimum atomic E-state index is -0.403. The highest BCUT2D eigenvalue weighted by atomic mass is 19.1. The van der Waals surface area contributed by atoms with Crippen molar-refractivity contribution >= 4 is 28.2 Å². The van der Waals surface area contributed by atoms with E-state index in [1.807, 2.05) is 6.92 Å². The minimum Gasteiger partial charge on any atom is -0.380 e. The van der Waals surface area contributed by atoms with Crippen molar-refractivity contribution in [3.63, 3.8) is 0 Å². The molecule has 2 aliphatic carbocycles. The molecular formula is C24H32FN3O2. The summed E-state index contributed by atoms with van der Waals surface area (Å²) in [6, 6.07) is 3.70. The molecule has 1 aromatic heterocycles. The van der Waals surface area contributed by atoms with Crippen LogP contribution in [-0.2, 0) is 4.79 Å². The van der Waals surface area contributed by atoms with E-state index in [1.54, 1.807) is 12.3 Å². The van der Waals surface area contributed by atoms with Crippen molar-refractivity contribution in [1.29, 1.82) is 0 Å². The Morgan fingerprint density at radius 3 is 2.47 bits per heavy atom. The zero-order valence-corrected chi connectivity index (χ0v) is 17.8. The Balaban J connectivity index is 1.78. The summed E-state index contributed by atoms with van der Waals surface area (Å²) in [5, 5.41) is 6.47. The smallest absolute Gasteiger partial charge is 0.224 e. The zero-order valence-electron chi connectivity index (χ0n) is 17.8. The molecule has 0 unspecified atom stereocenters. The number of amides is 1. The van der Waals surface area contributed by atoms with Crippen LogP contribution in [0, 0.1) is 5.82 Å². The quantitative estimate of drug-likeness (QED) is 0.635. The fourth-order valence-corrected chi connectivity index (χ4v) is 4.96. The van der Waals surface area contributed by atoms with E-state index < -0.39 is 5.82 Å². The number of anilines is 2. The average Bonchev–Trinajstić information content (AvgIpc) is 3.27. The molecule has 162 valence electrons. The van der Waals surface area contributed by atoms with E-state index in [4.69, 9.17) is 0 Å². The van der Waals surface area contributed by atoms with Gasteiger partial charge in [-0.2, -0.15) is 0 Å². The number of halogens is 1. The lowest BCUT2D eigenvalue weighted by atomic mass is 9.95. The molecule has 2 saturated carbocycles. The molecule has 6 heteroatoms. The highest BCUT2D eigenvalue weighted by Gasteiger charge is 2.23. The van der Waals surface area contributed by atoms with Gasteiger partial charge in [0.25, 0.3) is 0 Å². The van der Waals surface area contributed by atoms with Crippen molar-refractivity contribution in [2.75, 3.05) is 10.6 Å². The molecule has 1 aromatic carbocycles. The fraction of sp³-hybridized carbons (Fsp3) is 0.583. The molecule has 0 atom stereocenters. The van der Waals surface area contributed by atoms with Gasteiger partial charge in [-0.05, 0) is 44.2 Å². The monoisotopic (exact) mass is 413 g/mol. The maximum absolute atomic E-state index is 15.0. The maximum atomic E-state index is 15.0. The molecule has 1 heterocycles. The van der Waals surface area contributed by atoms with E-state index in [-0.39, 0.29) is 29.1 Å². The fourth-order valence-electron chi connectivity index (χ4n) is 4.96. The Morgan fingerprint density at radius 1 is 1.07 bits per heavy atom. The third kappa shape index (κ3) is 4.37. The van der Waals surface area contributed by atoms with Crippen LogP contribution in [0.15, 0.2) is 23.1 Å². The summed E-state index contributed by atoms with van der Waals surface area (Å²) in [5.41, 5.74) is 1.16. The zero-order chi connectivity index (χ0) is 21.1. The molecule has 2 aliphatic rings. The molecule has 0 radical (unpaired) electrons. The van der Waals surface area contributed by atoms with Crippen LogP contribution in [0.2, 0.25) is 0 Å². The third-order valence-electron chi connectivity index (χ3n) is 6.56. The number of nitrogens with zero attached hydrogens (tertiary/aromatic N) is 1. The van der Waals surface area contributed by atoms with Crippen molar-refractivity contribution in [3.05, 3.63) is 34.4 Å². The van der Waals surface area contributed by atoms with Gasteiger partial charge in [-0.3, -0.25) is 9.59 Å². The van der Waals surface area contributed by atoms with Crippen LogP contribution < -0.4 is 16.1 Å². The molecule has 0 saturated heterocycles. The molecule has 30 heavy (non-hydrogen) atoms. The highest BCUT2D eigenvalue weighted by Crippen LogP contribution is 2.34. The van der Waals surface area contributed by atoms with Crippen molar-refractivity contribution in [1.82, 2.24) is 4.57 Å². The number of carbonyl (C=O) groups excluding carboxylic acids is 1. The predicted molar refractivity (Wildman–Crippen MR) is 120 cm³/mol. The van der Waals surface area contributed by atoms with Crippen LogP contribution in [0.1, 0.15) is 83.6 Å². The van der Waals surface area contributed by atoms with Gasteiger partial charge in [-0.15, -0.1) is 0 Å². The van der Waals surface area contributed by atoms with Gasteiger partial charge in [-0.25, -0.2) is 4.39 Å². The van der Waals surface area contributed by atoms with Gasteiger partial charge < -0.3 is 15.2 Å². The number of aromatic nitrogens is 1. The van der Waals surface area contributed by atoms with E-state index in [0.29, 0.717) is 23.9 Å². The number of hydrogen-bond donors (Lipinski definition) is 2. The normalized spacial score (nSPS) is 18.1. The lowest BCUT2D eigenvalue weighted by molar-refractivity contribution is -0.116. The Labute approximate surface area is 177 Å². The van der Waals surface area contributed by atoms with Gasteiger partial charge >= 0.3 is 0 Å². The van der Waals surface area contributed by atoms with E-state index in [1.165, 1.54) is 25.3 Å². The van der Waals surface area contributed by atoms with Gasteiger partial charge in [0, 0.05) is 24.7 Å². The number of pyridine rings is 1. The summed E-state index contributed by atoms with van der Waals surface area (Å²) in [5.74, 6) is -0.580. The summed E-state index contributed by atoms with van der Waals surface area (Å²) in [6.07, 6.45) is 12.9. The number of rotatable bonds is 6. The maximum Gasteiger partial charge on any atom is 0.224 e. The third-order valence-corrected chi connectivity index (χ3v) is 6.56. The van der Waals surface area contributed by atoms with Crippen molar-refractivity contribution in [2.24, 2.45) is 0 Å². The topological polar surface area (TPSA) is 63.1 Å². The number of nitrogens with one attached hydrogen (secondary N) is 2. The van der Waals surface area contributed by atoms with Crippen molar-refractivity contribution < 1.29 is 9.18 Å². The van der Waals surface area contributed by atoms with Crippen LogP contribution in [0.25, 0.3) is 10.9 Å². The second-order valence-electron chi connectivity index (χ2n) is 8.84. The largest absolute Gasteiger partial charge is 0.380 e. The van der Waals surface area contributed by atoms with E-state index >= 15 is 0 Å². The standard InChI is InChI=1S/C24H32FN3O2/c1-2-8-23(29)27-21-15-28(17-11-6-7-12-17)22-14-20(19(25)13-18(22)24(21)30)26-16-9-4-3-5-10-16/h13-17,26H,2-12H2,1H3,(H,27,29). The minimum absolute atomic E-state index is 0.178.